The molecule has 1 aromatic heterocycles. The van der Waals surface area contributed by atoms with Gasteiger partial charge >= 0.3 is 0 Å². The Kier molecular flexibility index (Phi) is 3.09. The number of amides is 1. The van der Waals surface area contributed by atoms with Crippen LogP contribution < -0.4 is 5.32 Å². The molecule has 0 radical (unpaired) electrons. The molecule has 106 valence electrons. The van der Waals surface area contributed by atoms with Gasteiger partial charge in [-0.15, -0.1) is 0 Å². The number of rotatable bonds is 2. The summed E-state index contributed by atoms with van der Waals surface area (Å²) in [5.74, 6) is -0.305. The lowest BCUT2D eigenvalue weighted by molar-refractivity contribution is -0.385. The number of nitrogens with one attached hydrogen (secondary N) is 2. The molecule has 0 saturated carbocycles. The number of hydrogen-bond donors (Lipinski definition) is 2. The number of H-pyrrole nitrogens is 1. The van der Waals surface area contributed by atoms with Gasteiger partial charge in [-0.3, -0.25) is 14.9 Å². The molecule has 0 spiro atoms. The van der Waals surface area contributed by atoms with Crippen LogP contribution in [0, 0.1) is 17.0 Å². The smallest absolute Gasteiger partial charge is 0.284 e. The van der Waals surface area contributed by atoms with E-state index in [1.807, 2.05) is 0 Å². The summed E-state index contributed by atoms with van der Waals surface area (Å²) in [5, 5.41) is 13.7. The average molecular weight is 349 g/mol. The first kappa shape index (κ1) is 13.5. The normalized spacial score (nSPS) is 15.1. The molecule has 1 aliphatic heterocycles. The summed E-state index contributed by atoms with van der Waals surface area (Å²) in [6.45, 7) is 1.80. The van der Waals surface area contributed by atoms with E-state index < -0.39 is 4.92 Å². The summed E-state index contributed by atoms with van der Waals surface area (Å²) in [6.07, 6.45) is 3.16. The molecule has 2 heterocycles. The predicted molar refractivity (Wildman–Crippen MR) is 80.6 cm³/mol. The molecule has 8 heteroatoms. The van der Waals surface area contributed by atoms with Crippen molar-refractivity contribution < 1.29 is 9.72 Å². The first-order chi connectivity index (χ1) is 9.99. The molecule has 0 saturated heterocycles. The largest absolute Gasteiger partial charge is 0.345 e. The van der Waals surface area contributed by atoms with Crippen molar-refractivity contribution in [3.63, 3.8) is 0 Å². The summed E-state index contributed by atoms with van der Waals surface area (Å²) in [5.41, 5.74) is 2.73. The molecule has 2 N–H and O–H groups in total. The average Bonchev–Trinajstić information content (AvgIpc) is 2.95. The SMILES string of the molecule is Cc1nc[nH]c1/C=C1\C(=O)Nc2ccc([N+](=O)[O-])c(Br)c21. The van der Waals surface area contributed by atoms with E-state index in [9.17, 15) is 14.9 Å². The van der Waals surface area contributed by atoms with Gasteiger partial charge < -0.3 is 10.3 Å². The van der Waals surface area contributed by atoms with Crippen molar-refractivity contribution in [1.29, 1.82) is 0 Å². The van der Waals surface area contributed by atoms with Gasteiger partial charge in [-0.25, -0.2) is 4.98 Å². The van der Waals surface area contributed by atoms with Crippen LogP contribution in [-0.4, -0.2) is 20.8 Å². The number of nitro groups is 1. The van der Waals surface area contributed by atoms with E-state index in [1.54, 1.807) is 13.0 Å². The zero-order valence-corrected chi connectivity index (χ0v) is 12.4. The molecule has 0 bridgehead atoms. The molecule has 1 amide bonds. The number of fused-ring (bicyclic) bond motifs is 1. The molecule has 0 fully saturated rings. The van der Waals surface area contributed by atoms with E-state index in [4.69, 9.17) is 0 Å². The summed E-state index contributed by atoms with van der Waals surface area (Å²) in [6, 6.07) is 2.88. The minimum atomic E-state index is -0.494. The number of nitro benzene ring substituents is 1. The fraction of sp³-hybridized carbons (Fsp3) is 0.0769. The van der Waals surface area contributed by atoms with Crippen molar-refractivity contribution in [2.45, 2.75) is 6.92 Å². The molecule has 21 heavy (non-hydrogen) atoms. The number of carbonyl (C=O) groups excluding carboxylic acids is 1. The summed E-state index contributed by atoms with van der Waals surface area (Å²) in [7, 11) is 0. The number of aromatic amines is 1. The quantitative estimate of drug-likeness (QED) is 0.494. The summed E-state index contributed by atoms with van der Waals surface area (Å²) in [4.78, 5) is 29.6. The van der Waals surface area contributed by atoms with E-state index in [-0.39, 0.29) is 16.1 Å². The van der Waals surface area contributed by atoms with Crippen molar-refractivity contribution in [3.05, 3.63) is 50.0 Å². The Morgan fingerprint density at radius 2 is 2.19 bits per heavy atom. The maximum Gasteiger partial charge on any atom is 0.284 e. The molecule has 2 aromatic rings. The third kappa shape index (κ3) is 2.13. The number of anilines is 1. The van der Waals surface area contributed by atoms with Gasteiger partial charge in [-0.1, -0.05) is 0 Å². The van der Waals surface area contributed by atoms with Crippen molar-refractivity contribution in [3.8, 4) is 0 Å². The number of aryl methyl sites for hydroxylation is 1. The zero-order chi connectivity index (χ0) is 15.1. The van der Waals surface area contributed by atoms with Gasteiger partial charge in [0, 0.05) is 11.6 Å². The Bertz CT molecular complexity index is 810. The lowest BCUT2D eigenvalue weighted by Crippen LogP contribution is -2.03. The molecule has 0 atom stereocenters. The maximum absolute atomic E-state index is 12.1. The molecule has 0 unspecified atom stereocenters. The van der Waals surface area contributed by atoms with Gasteiger partial charge in [0.15, 0.2) is 0 Å². The number of carbonyl (C=O) groups is 1. The first-order valence-corrected chi connectivity index (χ1v) is 6.78. The van der Waals surface area contributed by atoms with E-state index >= 15 is 0 Å². The van der Waals surface area contributed by atoms with Crippen molar-refractivity contribution >= 4 is 44.9 Å². The third-order valence-corrected chi connectivity index (χ3v) is 4.04. The molecular weight excluding hydrogens is 340 g/mol. The topological polar surface area (TPSA) is 101 Å². The van der Waals surface area contributed by atoms with Crippen LogP contribution in [0.1, 0.15) is 17.0 Å². The molecule has 0 aliphatic carbocycles. The Labute approximate surface area is 127 Å². The number of benzene rings is 1. The molecule has 1 aliphatic rings. The van der Waals surface area contributed by atoms with E-state index in [1.165, 1.54) is 18.5 Å². The summed E-state index contributed by atoms with van der Waals surface area (Å²) < 4.78 is 0.284. The van der Waals surface area contributed by atoms with Crippen molar-refractivity contribution in [2.24, 2.45) is 0 Å². The fourth-order valence-corrected chi connectivity index (χ4v) is 2.88. The lowest BCUT2D eigenvalue weighted by atomic mass is 10.0. The standard InChI is InChI=1S/C13H9BrN4O3/c1-6-9(16-5-15-6)4-7-11-8(17-13(7)19)2-3-10(12(11)14)18(20)21/h2-5H,1H3,(H,15,16)(H,17,19)/b7-4-. The minimum absolute atomic E-state index is 0.0857. The Balaban J connectivity index is 2.21. The van der Waals surface area contributed by atoms with Gasteiger partial charge in [0.2, 0.25) is 0 Å². The van der Waals surface area contributed by atoms with Gasteiger partial charge in [0.1, 0.15) is 4.47 Å². The van der Waals surface area contributed by atoms with Crippen LogP contribution in [0.5, 0.6) is 0 Å². The molecule has 1 aromatic carbocycles. The van der Waals surface area contributed by atoms with Crippen molar-refractivity contribution in [1.82, 2.24) is 9.97 Å². The fourth-order valence-electron chi connectivity index (χ4n) is 2.18. The van der Waals surface area contributed by atoms with E-state index in [0.717, 1.165) is 5.69 Å². The highest BCUT2D eigenvalue weighted by molar-refractivity contribution is 9.10. The van der Waals surface area contributed by atoms with Crippen LogP contribution in [0.15, 0.2) is 22.9 Å². The third-order valence-electron chi connectivity index (χ3n) is 3.24. The number of aromatic nitrogens is 2. The molecule has 7 nitrogen and oxygen atoms in total. The second-order valence-corrected chi connectivity index (χ2v) is 5.29. The van der Waals surface area contributed by atoms with Crippen LogP contribution in [-0.2, 0) is 4.79 Å². The second-order valence-electron chi connectivity index (χ2n) is 4.49. The second kappa shape index (κ2) is 4.81. The zero-order valence-electron chi connectivity index (χ0n) is 10.8. The maximum atomic E-state index is 12.1. The van der Waals surface area contributed by atoms with Crippen LogP contribution in [0.3, 0.4) is 0 Å². The van der Waals surface area contributed by atoms with E-state index in [2.05, 4.69) is 31.2 Å². The number of hydrogen-bond acceptors (Lipinski definition) is 4. The van der Waals surface area contributed by atoms with Crippen molar-refractivity contribution in [2.75, 3.05) is 5.32 Å². The van der Waals surface area contributed by atoms with Gasteiger partial charge in [0.25, 0.3) is 11.6 Å². The van der Waals surface area contributed by atoms with Gasteiger partial charge in [-0.2, -0.15) is 0 Å². The minimum Gasteiger partial charge on any atom is -0.345 e. The van der Waals surface area contributed by atoms with Crippen LogP contribution >= 0.6 is 15.9 Å². The van der Waals surface area contributed by atoms with Gasteiger partial charge in [-0.05, 0) is 35.0 Å². The number of halogens is 1. The highest BCUT2D eigenvalue weighted by Crippen LogP contribution is 2.42. The van der Waals surface area contributed by atoms with Crippen LogP contribution in [0.25, 0.3) is 11.6 Å². The highest BCUT2D eigenvalue weighted by atomic mass is 79.9. The Hall–Kier alpha value is -2.48. The number of nitrogens with zero attached hydrogens (tertiary/aromatic N) is 2. The number of imidazole rings is 1. The Morgan fingerprint density at radius 3 is 2.81 bits per heavy atom. The highest BCUT2D eigenvalue weighted by Gasteiger charge is 2.30. The summed E-state index contributed by atoms with van der Waals surface area (Å²) >= 11 is 3.22. The Morgan fingerprint density at radius 1 is 1.43 bits per heavy atom. The molecule has 3 rings (SSSR count). The van der Waals surface area contributed by atoms with Gasteiger partial charge in [0.05, 0.1) is 33.9 Å². The lowest BCUT2D eigenvalue weighted by Gasteiger charge is -2.03. The van der Waals surface area contributed by atoms with E-state index in [0.29, 0.717) is 22.5 Å². The molecular formula is C13H9BrN4O3. The van der Waals surface area contributed by atoms with Crippen LogP contribution in [0.2, 0.25) is 0 Å². The predicted octanol–water partition coefficient (Wildman–Crippen LogP) is 2.88. The first-order valence-electron chi connectivity index (χ1n) is 5.99. The van der Waals surface area contributed by atoms with Crippen LogP contribution in [0.4, 0.5) is 11.4 Å². The monoisotopic (exact) mass is 348 g/mol.